The summed E-state index contributed by atoms with van der Waals surface area (Å²) in [7, 11) is 3.49. The number of halogens is 1. The molecule has 7 nitrogen and oxygen atoms in total. The monoisotopic (exact) mass is 426 g/mol. The second kappa shape index (κ2) is 8.88. The predicted molar refractivity (Wildman–Crippen MR) is 95.5 cm³/mol. The van der Waals surface area contributed by atoms with Gasteiger partial charge in [0.15, 0.2) is 5.96 Å². The highest BCUT2D eigenvalue weighted by atomic mass is 127. The van der Waals surface area contributed by atoms with Gasteiger partial charge in [-0.15, -0.1) is 24.0 Å². The lowest BCUT2D eigenvalue weighted by atomic mass is 10.2. The van der Waals surface area contributed by atoms with Crippen molar-refractivity contribution in [3.63, 3.8) is 0 Å². The van der Waals surface area contributed by atoms with E-state index in [2.05, 4.69) is 4.99 Å². The van der Waals surface area contributed by atoms with Gasteiger partial charge in [-0.2, -0.15) is 0 Å². The number of ether oxygens (including phenoxy) is 2. The van der Waals surface area contributed by atoms with Crippen LogP contribution >= 0.6 is 24.0 Å². The molecule has 8 heteroatoms. The number of carbonyl (C=O) groups is 1. The van der Waals surface area contributed by atoms with Gasteiger partial charge < -0.3 is 25.0 Å². The zero-order chi connectivity index (χ0) is 15.4. The first-order valence-electron chi connectivity index (χ1n) is 7.50. The van der Waals surface area contributed by atoms with Crippen molar-refractivity contribution < 1.29 is 14.3 Å². The van der Waals surface area contributed by atoms with Crippen molar-refractivity contribution in [3.8, 4) is 0 Å². The van der Waals surface area contributed by atoms with E-state index in [-0.39, 0.29) is 48.2 Å². The molecule has 0 radical (unpaired) electrons. The van der Waals surface area contributed by atoms with E-state index in [0.29, 0.717) is 19.1 Å². The molecule has 2 heterocycles. The number of morpholine rings is 1. The molecular weight excluding hydrogens is 399 g/mol. The number of aliphatic imine (C=N–C) groups is 1. The summed E-state index contributed by atoms with van der Waals surface area (Å²) in [6.45, 7) is 4.75. The molecule has 22 heavy (non-hydrogen) atoms. The lowest BCUT2D eigenvalue weighted by Crippen LogP contribution is -2.48. The van der Waals surface area contributed by atoms with E-state index in [0.717, 1.165) is 25.9 Å². The highest BCUT2D eigenvalue weighted by Crippen LogP contribution is 2.21. The van der Waals surface area contributed by atoms with E-state index in [1.165, 1.54) is 0 Å². The Balaban J connectivity index is 0.00000242. The van der Waals surface area contributed by atoms with Crippen LogP contribution in [0.3, 0.4) is 0 Å². The molecule has 128 valence electrons. The van der Waals surface area contributed by atoms with Gasteiger partial charge in [0.25, 0.3) is 5.91 Å². The summed E-state index contributed by atoms with van der Waals surface area (Å²) in [5.41, 5.74) is 6.02. The van der Waals surface area contributed by atoms with Crippen LogP contribution in [0.4, 0.5) is 0 Å². The summed E-state index contributed by atoms with van der Waals surface area (Å²) in [6.07, 6.45) is 1.43. The Hall–Kier alpha value is -0.610. The normalized spacial score (nSPS) is 29.1. The second-order valence-corrected chi connectivity index (χ2v) is 5.88. The summed E-state index contributed by atoms with van der Waals surface area (Å²) >= 11 is 0. The van der Waals surface area contributed by atoms with Gasteiger partial charge in [-0.25, -0.2) is 0 Å². The molecule has 0 saturated carbocycles. The molecule has 0 bridgehead atoms. The first-order valence-corrected chi connectivity index (χ1v) is 7.50. The quantitative estimate of drug-likeness (QED) is 0.398. The van der Waals surface area contributed by atoms with E-state index in [1.807, 2.05) is 11.8 Å². The summed E-state index contributed by atoms with van der Waals surface area (Å²) in [5, 5.41) is 0. The van der Waals surface area contributed by atoms with Crippen molar-refractivity contribution in [2.45, 2.75) is 38.1 Å². The molecule has 2 fully saturated rings. The zero-order valence-corrected chi connectivity index (χ0v) is 15.9. The summed E-state index contributed by atoms with van der Waals surface area (Å²) in [4.78, 5) is 19.9. The molecule has 2 saturated heterocycles. The molecule has 0 aromatic rings. The SMILES string of the molecule is CC1CN(C(N)=NCC2CCC(C(=O)N(C)C)O2)CCO1.I. The minimum absolute atomic E-state index is 0. The molecular formula is C14H27IN4O3. The van der Waals surface area contributed by atoms with Gasteiger partial charge in [0.1, 0.15) is 6.10 Å². The van der Waals surface area contributed by atoms with Crippen LogP contribution in [0.1, 0.15) is 19.8 Å². The Morgan fingerprint density at radius 1 is 1.41 bits per heavy atom. The predicted octanol–water partition coefficient (Wildman–Crippen LogP) is 0.276. The standard InChI is InChI=1S/C14H26N4O3.HI/c1-10-9-18(6-7-20-10)14(15)16-8-11-4-5-12(21-11)13(19)17(2)3;/h10-12H,4-9H2,1-3H3,(H2,15,16);1H. The molecule has 2 aliphatic rings. The van der Waals surface area contributed by atoms with Crippen LogP contribution in [0.2, 0.25) is 0 Å². The Kier molecular flexibility index (Phi) is 7.84. The van der Waals surface area contributed by atoms with Crippen LogP contribution in [0.5, 0.6) is 0 Å². The number of rotatable bonds is 3. The van der Waals surface area contributed by atoms with Gasteiger partial charge in [0.05, 0.1) is 25.4 Å². The van der Waals surface area contributed by atoms with Crippen LogP contribution in [0.25, 0.3) is 0 Å². The summed E-state index contributed by atoms with van der Waals surface area (Å²) in [6, 6.07) is 0. The number of nitrogens with two attached hydrogens (primary N) is 1. The van der Waals surface area contributed by atoms with Gasteiger partial charge >= 0.3 is 0 Å². The third kappa shape index (κ3) is 5.24. The van der Waals surface area contributed by atoms with Crippen LogP contribution in [0, 0.1) is 0 Å². The molecule has 3 unspecified atom stereocenters. The largest absolute Gasteiger partial charge is 0.375 e. The average Bonchev–Trinajstić information content (AvgIpc) is 2.92. The molecule has 0 aliphatic carbocycles. The molecule has 3 atom stereocenters. The maximum atomic E-state index is 11.8. The van der Waals surface area contributed by atoms with Crippen LogP contribution in [-0.2, 0) is 14.3 Å². The van der Waals surface area contributed by atoms with Crippen molar-refractivity contribution >= 4 is 35.8 Å². The van der Waals surface area contributed by atoms with Crippen molar-refractivity contribution in [2.24, 2.45) is 10.7 Å². The Bertz CT molecular complexity index is 406. The fraction of sp³-hybridized carbons (Fsp3) is 0.857. The number of hydrogen-bond donors (Lipinski definition) is 1. The van der Waals surface area contributed by atoms with Crippen molar-refractivity contribution in [1.82, 2.24) is 9.80 Å². The van der Waals surface area contributed by atoms with E-state index in [4.69, 9.17) is 15.2 Å². The van der Waals surface area contributed by atoms with Gasteiger partial charge in [-0.1, -0.05) is 0 Å². The highest BCUT2D eigenvalue weighted by Gasteiger charge is 2.31. The third-order valence-electron chi connectivity index (χ3n) is 3.85. The van der Waals surface area contributed by atoms with E-state index in [9.17, 15) is 4.79 Å². The zero-order valence-electron chi connectivity index (χ0n) is 13.5. The molecule has 0 spiro atoms. The van der Waals surface area contributed by atoms with Crippen LogP contribution < -0.4 is 5.73 Å². The van der Waals surface area contributed by atoms with E-state index in [1.54, 1.807) is 19.0 Å². The number of carbonyl (C=O) groups excluding carboxylic acids is 1. The highest BCUT2D eigenvalue weighted by molar-refractivity contribution is 14.0. The smallest absolute Gasteiger partial charge is 0.251 e. The van der Waals surface area contributed by atoms with Crippen molar-refractivity contribution in [1.29, 1.82) is 0 Å². The number of nitrogens with zero attached hydrogens (tertiary/aromatic N) is 3. The summed E-state index contributed by atoms with van der Waals surface area (Å²) in [5.74, 6) is 0.563. The van der Waals surface area contributed by atoms with Crippen molar-refractivity contribution in [2.75, 3.05) is 40.3 Å². The minimum atomic E-state index is -0.329. The maximum absolute atomic E-state index is 11.8. The molecule has 0 aromatic carbocycles. The molecule has 0 aromatic heterocycles. The molecule has 2 aliphatic heterocycles. The fourth-order valence-corrected chi connectivity index (χ4v) is 2.63. The van der Waals surface area contributed by atoms with E-state index >= 15 is 0 Å². The van der Waals surface area contributed by atoms with Gasteiger partial charge in [0, 0.05) is 27.2 Å². The van der Waals surface area contributed by atoms with Crippen LogP contribution in [-0.4, -0.2) is 80.3 Å². The third-order valence-corrected chi connectivity index (χ3v) is 3.85. The number of guanidine groups is 1. The van der Waals surface area contributed by atoms with Gasteiger partial charge in [-0.3, -0.25) is 9.79 Å². The average molecular weight is 426 g/mol. The number of amides is 1. The lowest BCUT2D eigenvalue weighted by molar-refractivity contribution is -0.140. The fourth-order valence-electron chi connectivity index (χ4n) is 2.63. The van der Waals surface area contributed by atoms with Crippen LogP contribution in [0.15, 0.2) is 4.99 Å². The Labute approximate surface area is 149 Å². The Morgan fingerprint density at radius 2 is 2.14 bits per heavy atom. The van der Waals surface area contributed by atoms with Crippen molar-refractivity contribution in [3.05, 3.63) is 0 Å². The lowest BCUT2D eigenvalue weighted by Gasteiger charge is -2.32. The maximum Gasteiger partial charge on any atom is 0.251 e. The second-order valence-electron chi connectivity index (χ2n) is 5.88. The Morgan fingerprint density at radius 3 is 2.77 bits per heavy atom. The first kappa shape index (κ1) is 19.4. The van der Waals surface area contributed by atoms with Gasteiger partial charge in [-0.05, 0) is 19.8 Å². The minimum Gasteiger partial charge on any atom is -0.375 e. The molecule has 2 N–H and O–H groups in total. The van der Waals surface area contributed by atoms with Gasteiger partial charge in [0.2, 0.25) is 0 Å². The van der Waals surface area contributed by atoms with E-state index < -0.39 is 0 Å². The molecule has 1 amide bonds. The topological polar surface area (TPSA) is 80.4 Å². The first-order chi connectivity index (χ1) is 9.97. The number of hydrogen-bond acceptors (Lipinski definition) is 4. The summed E-state index contributed by atoms with van der Waals surface area (Å²) < 4.78 is 11.2. The molecule has 2 rings (SSSR count). The number of likely N-dealkylation sites (N-methyl/N-ethyl adjacent to an activating group) is 1.